The number of ether oxygens (including phenoxy) is 1. The Morgan fingerprint density at radius 1 is 1.23 bits per heavy atom. The molecule has 0 atom stereocenters. The predicted molar refractivity (Wildman–Crippen MR) is 130 cm³/mol. The lowest BCUT2D eigenvalue weighted by Gasteiger charge is -2.10. The summed E-state index contributed by atoms with van der Waals surface area (Å²) in [7, 11) is 1.65. The van der Waals surface area contributed by atoms with Gasteiger partial charge >= 0.3 is 0 Å². The van der Waals surface area contributed by atoms with Gasteiger partial charge in [0, 0.05) is 23.9 Å². The Balaban J connectivity index is 1.83. The van der Waals surface area contributed by atoms with Crippen LogP contribution in [0.3, 0.4) is 0 Å². The van der Waals surface area contributed by atoms with E-state index in [1.807, 2.05) is 72.4 Å². The van der Waals surface area contributed by atoms with E-state index in [4.69, 9.17) is 22.1 Å². The summed E-state index contributed by atoms with van der Waals surface area (Å²) in [6.07, 6.45) is 5.48. The maximum atomic E-state index is 12.8. The molecule has 31 heavy (non-hydrogen) atoms. The standard InChI is InChI=1S/C24H21N3O2S2/c1-4-12-26-23(28)21(31-24(26)30)14-17-15-27(18-8-6-5-7-9-18)25-22(17)20-11-10-19(29-3)13-16(20)2/h4-11,13-15H,1,12H2,2-3H3/b21-14-. The van der Waals surface area contributed by atoms with Crippen molar-refractivity contribution in [1.82, 2.24) is 14.7 Å². The maximum absolute atomic E-state index is 12.8. The molecule has 1 aliphatic rings. The lowest BCUT2D eigenvalue weighted by molar-refractivity contribution is -0.121. The largest absolute Gasteiger partial charge is 0.497 e. The normalized spacial score (nSPS) is 15.0. The summed E-state index contributed by atoms with van der Waals surface area (Å²) in [5.41, 5.74) is 4.58. The van der Waals surface area contributed by atoms with Gasteiger partial charge in [-0.3, -0.25) is 9.69 Å². The van der Waals surface area contributed by atoms with Crippen LogP contribution in [0.5, 0.6) is 5.75 Å². The molecule has 0 saturated carbocycles. The first-order valence-electron chi connectivity index (χ1n) is 9.68. The highest BCUT2D eigenvalue weighted by Crippen LogP contribution is 2.36. The number of rotatable bonds is 6. The number of thiocarbonyl (C=S) groups is 1. The number of aromatic nitrogens is 2. The Labute approximate surface area is 191 Å². The number of carbonyl (C=O) groups is 1. The molecule has 7 heteroatoms. The summed E-state index contributed by atoms with van der Waals surface area (Å²) in [5, 5.41) is 4.86. The van der Waals surface area contributed by atoms with Crippen LogP contribution >= 0.6 is 24.0 Å². The molecule has 2 heterocycles. The number of carbonyl (C=O) groups excluding carboxylic acids is 1. The topological polar surface area (TPSA) is 47.4 Å². The molecule has 1 fully saturated rings. The summed E-state index contributed by atoms with van der Waals surface area (Å²) in [6, 6.07) is 15.8. The molecule has 2 aromatic carbocycles. The molecule has 5 nitrogen and oxygen atoms in total. The summed E-state index contributed by atoms with van der Waals surface area (Å²) in [6.45, 7) is 6.13. The van der Waals surface area contributed by atoms with Gasteiger partial charge in [0.1, 0.15) is 15.8 Å². The minimum Gasteiger partial charge on any atom is -0.497 e. The average Bonchev–Trinajstić information content (AvgIpc) is 3.31. The lowest BCUT2D eigenvalue weighted by Crippen LogP contribution is -2.27. The molecule has 4 rings (SSSR count). The smallest absolute Gasteiger partial charge is 0.266 e. The van der Waals surface area contributed by atoms with E-state index in [0.29, 0.717) is 15.8 Å². The molecule has 0 spiro atoms. The van der Waals surface area contributed by atoms with Crippen molar-refractivity contribution in [2.45, 2.75) is 6.92 Å². The Bertz CT molecular complexity index is 1200. The third-order valence-electron chi connectivity index (χ3n) is 4.92. The number of hydrogen-bond donors (Lipinski definition) is 0. The number of aryl methyl sites for hydroxylation is 1. The van der Waals surface area contributed by atoms with Crippen LogP contribution in [0.25, 0.3) is 23.0 Å². The lowest BCUT2D eigenvalue weighted by atomic mass is 10.0. The zero-order chi connectivity index (χ0) is 22.0. The van der Waals surface area contributed by atoms with Gasteiger partial charge in [-0.05, 0) is 48.9 Å². The van der Waals surface area contributed by atoms with Gasteiger partial charge in [0.25, 0.3) is 5.91 Å². The van der Waals surface area contributed by atoms with Crippen molar-refractivity contribution in [3.63, 3.8) is 0 Å². The van der Waals surface area contributed by atoms with Gasteiger partial charge in [0.15, 0.2) is 0 Å². The molecule has 3 aromatic rings. The van der Waals surface area contributed by atoms with Crippen molar-refractivity contribution < 1.29 is 9.53 Å². The van der Waals surface area contributed by atoms with Crippen LogP contribution in [0.4, 0.5) is 0 Å². The second kappa shape index (κ2) is 8.91. The first-order chi connectivity index (χ1) is 15.0. The Morgan fingerprint density at radius 3 is 2.68 bits per heavy atom. The molecule has 156 valence electrons. The van der Waals surface area contributed by atoms with Crippen LogP contribution in [0, 0.1) is 6.92 Å². The van der Waals surface area contributed by atoms with E-state index < -0.39 is 0 Å². The van der Waals surface area contributed by atoms with E-state index in [2.05, 4.69) is 6.58 Å². The van der Waals surface area contributed by atoms with E-state index >= 15 is 0 Å². The van der Waals surface area contributed by atoms with Gasteiger partial charge < -0.3 is 4.74 Å². The first kappa shape index (κ1) is 21.1. The van der Waals surface area contributed by atoms with Crippen molar-refractivity contribution in [1.29, 1.82) is 0 Å². The highest BCUT2D eigenvalue weighted by Gasteiger charge is 2.31. The summed E-state index contributed by atoms with van der Waals surface area (Å²) >= 11 is 6.68. The first-order valence-corrected chi connectivity index (χ1v) is 10.9. The number of amides is 1. The van der Waals surface area contributed by atoms with Gasteiger partial charge in [0.2, 0.25) is 0 Å². The molecule has 1 aliphatic heterocycles. The fraction of sp³-hybridized carbons (Fsp3) is 0.125. The van der Waals surface area contributed by atoms with Crippen LogP contribution in [0.15, 0.2) is 72.3 Å². The van der Waals surface area contributed by atoms with Gasteiger partial charge in [-0.2, -0.15) is 5.10 Å². The van der Waals surface area contributed by atoms with E-state index in [1.165, 1.54) is 11.8 Å². The van der Waals surface area contributed by atoms with Crippen LogP contribution in [-0.4, -0.2) is 38.6 Å². The van der Waals surface area contributed by atoms with Crippen LogP contribution < -0.4 is 4.74 Å². The highest BCUT2D eigenvalue weighted by molar-refractivity contribution is 8.26. The fourth-order valence-electron chi connectivity index (χ4n) is 3.37. The van der Waals surface area contributed by atoms with E-state index in [1.54, 1.807) is 18.1 Å². The molecule has 0 aliphatic carbocycles. The fourth-order valence-corrected chi connectivity index (χ4v) is 4.64. The number of nitrogens with zero attached hydrogens (tertiary/aromatic N) is 3. The highest BCUT2D eigenvalue weighted by atomic mass is 32.2. The van der Waals surface area contributed by atoms with Gasteiger partial charge in [-0.15, -0.1) is 6.58 Å². The van der Waals surface area contributed by atoms with E-state index in [9.17, 15) is 4.79 Å². The SMILES string of the molecule is C=CCN1C(=O)/C(=C/c2cn(-c3ccccc3)nc2-c2ccc(OC)cc2C)SC1=S. The molecular formula is C24H21N3O2S2. The zero-order valence-electron chi connectivity index (χ0n) is 17.2. The number of thioether (sulfide) groups is 1. The van der Waals surface area contributed by atoms with Crippen molar-refractivity contribution >= 4 is 40.3 Å². The number of benzene rings is 2. The van der Waals surface area contributed by atoms with Gasteiger partial charge in [-0.25, -0.2) is 4.68 Å². The second-order valence-electron chi connectivity index (χ2n) is 6.98. The Hall–Kier alpha value is -3.16. The molecule has 0 bridgehead atoms. The number of hydrogen-bond acceptors (Lipinski definition) is 5. The van der Waals surface area contributed by atoms with Gasteiger partial charge in [-0.1, -0.05) is 48.3 Å². The average molecular weight is 448 g/mol. The molecule has 1 aromatic heterocycles. The molecule has 0 unspecified atom stereocenters. The number of methoxy groups -OCH3 is 1. The minimum atomic E-state index is -0.111. The zero-order valence-corrected chi connectivity index (χ0v) is 18.9. The Kier molecular flexibility index (Phi) is 6.06. The summed E-state index contributed by atoms with van der Waals surface area (Å²) in [5.74, 6) is 0.676. The summed E-state index contributed by atoms with van der Waals surface area (Å²) < 4.78 is 7.71. The van der Waals surface area contributed by atoms with Crippen molar-refractivity contribution in [3.05, 3.63) is 83.4 Å². The third-order valence-corrected chi connectivity index (χ3v) is 6.30. The van der Waals surface area contributed by atoms with E-state index in [0.717, 1.165) is 33.8 Å². The third kappa shape index (κ3) is 4.19. The van der Waals surface area contributed by atoms with Gasteiger partial charge in [0.05, 0.1) is 17.7 Å². The molecule has 0 N–H and O–H groups in total. The second-order valence-corrected chi connectivity index (χ2v) is 8.65. The molecule has 0 radical (unpaired) electrons. The number of para-hydroxylation sites is 1. The summed E-state index contributed by atoms with van der Waals surface area (Å²) in [4.78, 5) is 15.0. The van der Waals surface area contributed by atoms with Crippen LogP contribution in [0.2, 0.25) is 0 Å². The van der Waals surface area contributed by atoms with E-state index in [-0.39, 0.29) is 5.91 Å². The maximum Gasteiger partial charge on any atom is 0.266 e. The minimum absolute atomic E-state index is 0.111. The molecule has 1 saturated heterocycles. The molecule has 1 amide bonds. The predicted octanol–water partition coefficient (Wildman–Crippen LogP) is 5.24. The van der Waals surface area contributed by atoms with Crippen LogP contribution in [-0.2, 0) is 4.79 Å². The van der Waals surface area contributed by atoms with Crippen molar-refractivity contribution in [2.24, 2.45) is 0 Å². The van der Waals surface area contributed by atoms with Crippen molar-refractivity contribution in [3.8, 4) is 22.7 Å². The quantitative estimate of drug-likeness (QED) is 0.294. The Morgan fingerprint density at radius 2 is 2.00 bits per heavy atom. The monoisotopic (exact) mass is 447 g/mol. The molecular weight excluding hydrogens is 426 g/mol. The van der Waals surface area contributed by atoms with Crippen molar-refractivity contribution in [2.75, 3.05) is 13.7 Å². The van der Waals surface area contributed by atoms with Crippen LogP contribution in [0.1, 0.15) is 11.1 Å².